The van der Waals surface area contributed by atoms with Gasteiger partial charge in [-0.15, -0.1) is 10.2 Å². The van der Waals surface area contributed by atoms with E-state index in [1.807, 2.05) is 20.0 Å². The Hall–Kier alpha value is -2.19. The second-order valence-corrected chi connectivity index (χ2v) is 3.89. The lowest BCUT2D eigenvalue weighted by atomic mass is 10.1. The summed E-state index contributed by atoms with van der Waals surface area (Å²) in [6, 6.07) is 9.26. The van der Waals surface area contributed by atoms with Crippen LogP contribution in [0.2, 0.25) is 0 Å². The molecule has 0 spiro atoms. The van der Waals surface area contributed by atoms with Gasteiger partial charge in [-0.05, 0) is 31.7 Å². The van der Waals surface area contributed by atoms with Crippen molar-refractivity contribution >= 4 is 0 Å². The molecule has 92 valence electrons. The second-order valence-electron chi connectivity index (χ2n) is 3.89. The molecule has 2 rings (SSSR count). The molecule has 5 heteroatoms. The Morgan fingerprint density at radius 3 is 2.94 bits per heavy atom. The largest absolute Gasteiger partial charge is 0.419 e. The molecule has 0 aliphatic rings. The Labute approximate surface area is 105 Å². The standard InChI is InChI=1S/C13H14N4O/c1-3-11(15-2)13-17-16-12(18-13)10-6-4-5-9(7-10)8-14/h4-7,11,15H,3H2,1-2H3. The lowest BCUT2D eigenvalue weighted by molar-refractivity contribution is 0.415. The van der Waals surface area contributed by atoms with Crippen LogP contribution in [-0.4, -0.2) is 17.2 Å². The van der Waals surface area contributed by atoms with E-state index in [1.54, 1.807) is 18.2 Å². The number of hydrogen-bond donors (Lipinski definition) is 1. The van der Waals surface area contributed by atoms with E-state index in [2.05, 4.69) is 21.6 Å². The van der Waals surface area contributed by atoms with Gasteiger partial charge >= 0.3 is 0 Å². The van der Waals surface area contributed by atoms with Crippen molar-refractivity contribution in [3.8, 4) is 17.5 Å². The molecule has 0 radical (unpaired) electrons. The summed E-state index contributed by atoms with van der Waals surface area (Å²) in [5.41, 5.74) is 1.34. The summed E-state index contributed by atoms with van der Waals surface area (Å²) in [6.07, 6.45) is 0.871. The third kappa shape index (κ3) is 2.39. The fourth-order valence-electron chi connectivity index (χ4n) is 1.72. The predicted molar refractivity (Wildman–Crippen MR) is 66.5 cm³/mol. The third-order valence-electron chi connectivity index (χ3n) is 2.73. The van der Waals surface area contributed by atoms with Gasteiger partial charge in [0.25, 0.3) is 0 Å². The maximum atomic E-state index is 8.85. The summed E-state index contributed by atoms with van der Waals surface area (Å²) in [6.45, 7) is 2.04. The highest BCUT2D eigenvalue weighted by Gasteiger charge is 2.15. The first-order valence-electron chi connectivity index (χ1n) is 5.79. The molecule has 1 unspecified atom stereocenters. The molecule has 18 heavy (non-hydrogen) atoms. The Balaban J connectivity index is 2.32. The monoisotopic (exact) mass is 242 g/mol. The fraction of sp³-hybridized carbons (Fsp3) is 0.308. The van der Waals surface area contributed by atoms with Gasteiger partial charge in [-0.2, -0.15) is 5.26 Å². The van der Waals surface area contributed by atoms with Gasteiger partial charge in [-0.3, -0.25) is 0 Å². The van der Waals surface area contributed by atoms with Crippen LogP contribution in [0.3, 0.4) is 0 Å². The van der Waals surface area contributed by atoms with Crippen LogP contribution in [-0.2, 0) is 0 Å². The molecule has 0 saturated carbocycles. The van der Waals surface area contributed by atoms with Crippen LogP contribution in [0.4, 0.5) is 0 Å². The summed E-state index contributed by atoms with van der Waals surface area (Å²) in [7, 11) is 1.86. The van der Waals surface area contributed by atoms with Crippen LogP contribution in [0.25, 0.3) is 11.5 Å². The van der Waals surface area contributed by atoms with Gasteiger partial charge in [0, 0.05) is 5.56 Å². The lowest BCUT2D eigenvalue weighted by Gasteiger charge is -2.07. The van der Waals surface area contributed by atoms with Crippen molar-refractivity contribution in [1.29, 1.82) is 5.26 Å². The van der Waals surface area contributed by atoms with E-state index in [1.165, 1.54) is 0 Å². The minimum absolute atomic E-state index is 0.0606. The molecule has 0 saturated heterocycles. The average Bonchev–Trinajstić information content (AvgIpc) is 2.90. The maximum absolute atomic E-state index is 8.85. The van der Waals surface area contributed by atoms with E-state index in [9.17, 15) is 0 Å². The fourth-order valence-corrected chi connectivity index (χ4v) is 1.72. The highest BCUT2D eigenvalue weighted by Crippen LogP contribution is 2.22. The number of rotatable bonds is 4. The Bertz CT molecular complexity index is 566. The Morgan fingerprint density at radius 1 is 1.44 bits per heavy atom. The number of aromatic nitrogens is 2. The van der Waals surface area contributed by atoms with Gasteiger partial charge in [0.1, 0.15) is 0 Å². The number of benzene rings is 1. The minimum Gasteiger partial charge on any atom is -0.419 e. The molecule has 1 aromatic heterocycles. The minimum atomic E-state index is 0.0606. The summed E-state index contributed by atoms with van der Waals surface area (Å²) in [5.74, 6) is 1.01. The van der Waals surface area contributed by atoms with Crippen LogP contribution in [0, 0.1) is 11.3 Å². The highest BCUT2D eigenvalue weighted by atomic mass is 16.4. The molecule has 5 nitrogen and oxygen atoms in total. The van der Waals surface area contributed by atoms with E-state index in [0.29, 0.717) is 17.3 Å². The predicted octanol–water partition coefficient (Wildman–Crippen LogP) is 2.28. The summed E-state index contributed by atoms with van der Waals surface area (Å²) < 4.78 is 5.62. The lowest BCUT2D eigenvalue weighted by Crippen LogP contribution is -2.15. The van der Waals surface area contributed by atoms with Crippen LogP contribution in [0.1, 0.15) is 30.8 Å². The molecule has 1 atom stereocenters. The molecule has 0 fully saturated rings. The van der Waals surface area contributed by atoms with Crippen LogP contribution in [0.15, 0.2) is 28.7 Å². The third-order valence-corrected chi connectivity index (χ3v) is 2.73. The van der Waals surface area contributed by atoms with E-state index in [-0.39, 0.29) is 6.04 Å². The number of nitrogens with zero attached hydrogens (tertiary/aromatic N) is 3. The molecule has 1 N–H and O–H groups in total. The summed E-state index contributed by atoms with van der Waals surface area (Å²) >= 11 is 0. The normalized spacial score (nSPS) is 12.1. The van der Waals surface area contributed by atoms with Gasteiger partial charge in [-0.25, -0.2) is 0 Å². The van der Waals surface area contributed by atoms with Crippen molar-refractivity contribution in [1.82, 2.24) is 15.5 Å². The molecular formula is C13H14N4O. The van der Waals surface area contributed by atoms with Crippen molar-refractivity contribution in [2.45, 2.75) is 19.4 Å². The molecule has 1 heterocycles. The van der Waals surface area contributed by atoms with Crippen molar-refractivity contribution in [3.05, 3.63) is 35.7 Å². The molecule has 0 bridgehead atoms. The van der Waals surface area contributed by atoms with Gasteiger partial charge < -0.3 is 9.73 Å². The van der Waals surface area contributed by atoms with E-state index in [4.69, 9.17) is 9.68 Å². The van der Waals surface area contributed by atoms with E-state index < -0.39 is 0 Å². The second kappa shape index (κ2) is 5.43. The highest BCUT2D eigenvalue weighted by molar-refractivity contribution is 5.55. The average molecular weight is 242 g/mol. The molecule has 1 aromatic carbocycles. The van der Waals surface area contributed by atoms with Crippen LogP contribution >= 0.6 is 0 Å². The topological polar surface area (TPSA) is 74.7 Å². The van der Waals surface area contributed by atoms with Gasteiger partial charge in [-0.1, -0.05) is 13.0 Å². The van der Waals surface area contributed by atoms with Crippen LogP contribution < -0.4 is 5.32 Å². The Morgan fingerprint density at radius 2 is 2.28 bits per heavy atom. The van der Waals surface area contributed by atoms with Crippen molar-refractivity contribution < 1.29 is 4.42 Å². The Kier molecular flexibility index (Phi) is 3.70. The SMILES string of the molecule is CCC(NC)c1nnc(-c2cccc(C#N)c2)o1. The van der Waals surface area contributed by atoms with Gasteiger partial charge in [0.05, 0.1) is 17.7 Å². The van der Waals surface area contributed by atoms with Gasteiger partial charge in [0.15, 0.2) is 0 Å². The van der Waals surface area contributed by atoms with E-state index in [0.717, 1.165) is 12.0 Å². The van der Waals surface area contributed by atoms with Crippen molar-refractivity contribution in [2.24, 2.45) is 0 Å². The van der Waals surface area contributed by atoms with Crippen LogP contribution in [0.5, 0.6) is 0 Å². The molecule has 0 amide bonds. The van der Waals surface area contributed by atoms with E-state index >= 15 is 0 Å². The molecule has 0 aliphatic heterocycles. The zero-order chi connectivity index (χ0) is 13.0. The van der Waals surface area contributed by atoms with Crippen molar-refractivity contribution in [2.75, 3.05) is 7.05 Å². The summed E-state index contributed by atoms with van der Waals surface area (Å²) in [5, 5.41) is 20.0. The smallest absolute Gasteiger partial charge is 0.247 e. The first-order valence-corrected chi connectivity index (χ1v) is 5.79. The number of nitrogens with one attached hydrogen (secondary N) is 1. The number of hydrogen-bond acceptors (Lipinski definition) is 5. The molecule has 2 aromatic rings. The first-order chi connectivity index (χ1) is 8.78. The van der Waals surface area contributed by atoms with Gasteiger partial charge in [0.2, 0.25) is 11.8 Å². The molecule has 0 aliphatic carbocycles. The quantitative estimate of drug-likeness (QED) is 0.890. The van der Waals surface area contributed by atoms with Crippen molar-refractivity contribution in [3.63, 3.8) is 0 Å². The zero-order valence-electron chi connectivity index (χ0n) is 10.3. The first kappa shape index (κ1) is 12.3. The maximum Gasteiger partial charge on any atom is 0.247 e. The number of nitriles is 1. The molecular weight excluding hydrogens is 228 g/mol. The summed E-state index contributed by atoms with van der Waals surface area (Å²) in [4.78, 5) is 0. The zero-order valence-corrected chi connectivity index (χ0v) is 10.3.